The van der Waals surface area contributed by atoms with Crippen LogP contribution in [0.3, 0.4) is 0 Å². The smallest absolute Gasteiger partial charge is 0.272 e. The van der Waals surface area contributed by atoms with Gasteiger partial charge < -0.3 is 16.0 Å². The van der Waals surface area contributed by atoms with E-state index in [1.54, 1.807) is 42.5 Å². The molecule has 3 amide bonds. The SMILES string of the molecule is CC(Sc1cccc(NC(=O)/C(=C\c2cccc(Br)c2)NC(=O)c2ccccc2)c1)C(=O)Nc1ccc(I)cc1. The first-order valence-corrected chi connectivity index (χ1v) is 15.0. The van der Waals surface area contributed by atoms with Crippen molar-refractivity contribution >= 4 is 85.5 Å². The van der Waals surface area contributed by atoms with Crippen molar-refractivity contribution in [2.45, 2.75) is 17.1 Å². The molecule has 0 radical (unpaired) electrons. The zero-order valence-corrected chi connectivity index (χ0v) is 25.9. The van der Waals surface area contributed by atoms with Crippen LogP contribution in [-0.4, -0.2) is 23.0 Å². The van der Waals surface area contributed by atoms with Gasteiger partial charge in [0, 0.05) is 29.9 Å². The molecule has 40 heavy (non-hydrogen) atoms. The van der Waals surface area contributed by atoms with E-state index in [4.69, 9.17) is 0 Å². The zero-order chi connectivity index (χ0) is 28.5. The van der Waals surface area contributed by atoms with E-state index in [9.17, 15) is 14.4 Å². The molecule has 6 nitrogen and oxygen atoms in total. The fourth-order valence-electron chi connectivity index (χ4n) is 3.59. The first kappa shape index (κ1) is 29.6. The molecule has 0 bridgehead atoms. The van der Waals surface area contributed by atoms with E-state index in [1.807, 2.05) is 73.7 Å². The molecule has 0 aliphatic heterocycles. The molecule has 0 heterocycles. The fourth-order valence-corrected chi connectivity index (χ4v) is 5.29. The lowest BCUT2D eigenvalue weighted by molar-refractivity contribution is -0.115. The van der Waals surface area contributed by atoms with Crippen molar-refractivity contribution in [2.75, 3.05) is 10.6 Å². The molecule has 3 N–H and O–H groups in total. The van der Waals surface area contributed by atoms with Gasteiger partial charge in [-0.15, -0.1) is 11.8 Å². The molecule has 4 rings (SSSR count). The molecule has 1 atom stereocenters. The van der Waals surface area contributed by atoms with Gasteiger partial charge in [0.05, 0.1) is 5.25 Å². The lowest BCUT2D eigenvalue weighted by Crippen LogP contribution is -2.30. The molecule has 202 valence electrons. The highest BCUT2D eigenvalue weighted by Gasteiger charge is 2.17. The van der Waals surface area contributed by atoms with Gasteiger partial charge in [-0.2, -0.15) is 0 Å². The number of thioether (sulfide) groups is 1. The number of benzene rings is 4. The molecule has 0 aromatic heterocycles. The number of carbonyl (C=O) groups excluding carboxylic acids is 3. The van der Waals surface area contributed by atoms with Crippen LogP contribution in [0, 0.1) is 3.57 Å². The average Bonchev–Trinajstić information content (AvgIpc) is 2.94. The molecule has 0 saturated heterocycles. The molecular formula is C31H25BrIN3O3S. The summed E-state index contributed by atoms with van der Waals surface area (Å²) in [5.41, 5.74) is 2.54. The number of halogens is 2. The van der Waals surface area contributed by atoms with Crippen LogP contribution in [0.2, 0.25) is 0 Å². The van der Waals surface area contributed by atoms with Gasteiger partial charge in [-0.3, -0.25) is 14.4 Å². The maximum atomic E-state index is 13.4. The molecule has 0 aliphatic rings. The highest BCUT2D eigenvalue weighted by molar-refractivity contribution is 14.1. The summed E-state index contributed by atoms with van der Waals surface area (Å²) in [6, 6.07) is 31.0. The van der Waals surface area contributed by atoms with Crippen molar-refractivity contribution in [1.82, 2.24) is 5.32 Å². The van der Waals surface area contributed by atoms with E-state index in [1.165, 1.54) is 11.8 Å². The molecule has 0 saturated carbocycles. The molecule has 0 fully saturated rings. The number of nitrogens with one attached hydrogen (secondary N) is 3. The van der Waals surface area contributed by atoms with Crippen molar-refractivity contribution in [1.29, 1.82) is 0 Å². The van der Waals surface area contributed by atoms with Gasteiger partial charge in [-0.05, 0) is 108 Å². The molecule has 4 aromatic carbocycles. The maximum absolute atomic E-state index is 13.4. The van der Waals surface area contributed by atoms with Gasteiger partial charge in [-0.1, -0.05) is 52.3 Å². The van der Waals surface area contributed by atoms with Crippen LogP contribution in [0.25, 0.3) is 6.08 Å². The Morgan fingerprint density at radius 3 is 2.27 bits per heavy atom. The number of anilines is 2. The monoisotopic (exact) mass is 725 g/mol. The predicted molar refractivity (Wildman–Crippen MR) is 174 cm³/mol. The van der Waals surface area contributed by atoms with E-state index in [2.05, 4.69) is 54.5 Å². The molecule has 9 heteroatoms. The fraction of sp³-hybridized carbons (Fsp3) is 0.0645. The predicted octanol–water partition coefficient (Wildman–Crippen LogP) is 7.58. The summed E-state index contributed by atoms with van der Waals surface area (Å²) in [4.78, 5) is 39.8. The van der Waals surface area contributed by atoms with Crippen LogP contribution in [0.1, 0.15) is 22.8 Å². The largest absolute Gasteiger partial charge is 0.325 e. The highest BCUT2D eigenvalue weighted by Crippen LogP contribution is 2.27. The molecule has 1 unspecified atom stereocenters. The van der Waals surface area contributed by atoms with Gasteiger partial charge in [-0.25, -0.2) is 0 Å². The summed E-state index contributed by atoms with van der Waals surface area (Å²) in [7, 11) is 0. The number of carbonyl (C=O) groups is 3. The maximum Gasteiger partial charge on any atom is 0.272 e. The lowest BCUT2D eigenvalue weighted by atomic mass is 10.1. The van der Waals surface area contributed by atoms with Crippen LogP contribution in [-0.2, 0) is 9.59 Å². The third kappa shape index (κ3) is 8.80. The van der Waals surface area contributed by atoms with E-state index < -0.39 is 11.8 Å². The zero-order valence-electron chi connectivity index (χ0n) is 21.4. The second kappa shape index (κ2) is 14.3. The number of hydrogen-bond acceptors (Lipinski definition) is 4. The van der Waals surface area contributed by atoms with Gasteiger partial charge >= 0.3 is 0 Å². The summed E-state index contributed by atoms with van der Waals surface area (Å²) in [6.45, 7) is 1.83. The molecular weight excluding hydrogens is 701 g/mol. The minimum atomic E-state index is -0.476. The number of hydrogen-bond donors (Lipinski definition) is 3. The van der Waals surface area contributed by atoms with Crippen LogP contribution in [0.5, 0.6) is 0 Å². The normalized spacial score (nSPS) is 11.8. The number of rotatable bonds is 9. The second-order valence-corrected chi connectivity index (χ2v) is 12.2. The Morgan fingerprint density at radius 1 is 0.825 bits per heavy atom. The van der Waals surface area contributed by atoms with Gasteiger partial charge in [0.2, 0.25) is 5.91 Å². The van der Waals surface area contributed by atoms with Crippen molar-refractivity contribution in [3.8, 4) is 0 Å². The van der Waals surface area contributed by atoms with Crippen LogP contribution >= 0.6 is 50.3 Å². The average molecular weight is 726 g/mol. The quantitative estimate of drug-likeness (QED) is 0.0944. The summed E-state index contributed by atoms with van der Waals surface area (Å²) in [5, 5.41) is 8.17. The highest BCUT2D eigenvalue weighted by atomic mass is 127. The van der Waals surface area contributed by atoms with Crippen molar-refractivity contribution in [2.24, 2.45) is 0 Å². The molecule has 0 aliphatic carbocycles. The van der Waals surface area contributed by atoms with E-state index >= 15 is 0 Å². The second-order valence-electron chi connectivity index (χ2n) is 8.67. The Kier molecular flexibility index (Phi) is 10.6. The summed E-state index contributed by atoms with van der Waals surface area (Å²) >= 11 is 7.04. The standard InChI is InChI=1S/C31H25BrIN3O3S/c1-20(29(37)34-25-15-13-24(33)14-16-25)40-27-12-6-11-26(19-27)35-31(39)28(18-21-7-5-10-23(32)17-21)36-30(38)22-8-3-2-4-9-22/h2-20H,1H3,(H,34,37)(H,35,39)(H,36,38)/b28-18+. The molecule has 4 aromatic rings. The van der Waals surface area contributed by atoms with E-state index in [-0.39, 0.29) is 16.9 Å². The minimum absolute atomic E-state index is 0.0928. The van der Waals surface area contributed by atoms with Gasteiger partial charge in [0.25, 0.3) is 11.8 Å². The Morgan fingerprint density at radius 2 is 1.55 bits per heavy atom. The molecule has 0 spiro atoms. The van der Waals surface area contributed by atoms with Crippen LogP contribution in [0.4, 0.5) is 11.4 Å². The minimum Gasteiger partial charge on any atom is -0.325 e. The number of amides is 3. The van der Waals surface area contributed by atoms with Crippen LogP contribution < -0.4 is 16.0 Å². The summed E-state index contributed by atoms with van der Waals surface area (Å²) in [6.07, 6.45) is 1.62. The first-order valence-electron chi connectivity index (χ1n) is 12.2. The third-order valence-electron chi connectivity index (χ3n) is 5.57. The van der Waals surface area contributed by atoms with Crippen molar-refractivity contribution in [3.63, 3.8) is 0 Å². The van der Waals surface area contributed by atoms with Gasteiger partial charge in [0.1, 0.15) is 5.70 Å². The van der Waals surface area contributed by atoms with Crippen molar-refractivity contribution < 1.29 is 14.4 Å². The van der Waals surface area contributed by atoms with Crippen LogP contribution in [0.15, 0.2) is 118 Å². The van der Waals surface area contributed by atoms with Crippen molar-refractivity contribution in [3.05, 3.63) is 128 Å². The Balaban J connectivity index is 1.47. The Bertz CT molecular complexity index is 1550. The topological polar surface area (TPSA) is 87.3 Å². The third-order valence-corrected chi connectivity index (χ3v) is 7.88. The van der Waals surface area contributed by atoms with E-state index in [0.29, 0.717) is 11.3 Å². The van der Waals surface area contributed by atoms with E-state index in [0.717, 1.165) is 24.2 Å². The van der Waals surface area contributed by atoms with Gasteiger partial charge in [0.15, 0.2) is 0 Å². The lowest BCUT2D eigenvalue weighted by Gasteiger charge is -2.14. The Labute approximate surface area is 259 Å². The first-order chi connectivity index (χ1) is 19.3. The summed E-state index contributed by atoms with van der Waals surface area (Å²) in [5.74, 6) is -0.992. The Hall–Kier alpha value is -3.41. The summed E-state index contributed by atoms with van der Waals surface area (Å²) < 4.78 is 1.94.